The van der Waals surface area contributed by atoms with E-state index in [1.807, 2.05) is 11.9 Å². The van der Waals surface area contributed by atoms with Crippen molar-refractivity contribution in [3.05, 3.63) is 52.1 Å². The molecule has 5 rings (SSSR count). The van der Waals surface area contributed by atoms with E-state index in [2.05, 4.69) is 25.2 Å². The number of benzene rings is 1. The van der Waals surface area contributed by atoms with E-state index in [0.29, 0.717) is 23.3 Å². The highest BCUT2D eigenvalue weighted by Crippen LogP contribution is 2.38. The molecule has 172 valence electrons. The number of aryl methyl sites for hydroxylation is 1. The fourth-order valence-electron chi connectivity index (χ4n) is 3.96. The van der Waals surface area contributed by atoms with Crippen LogP contribution in [0.15, 0.2) is 39.5 Å². The molecule has 12 heteroatoms. The number of aromatic amines is 1. The maximum atomic E-state index is 13.8. The van der Waals surface area contributed by atoms with Crippen molar-refractivity contribution in [2.24, 2.45) is 0 Å². The molecule has 0 unspecified atom stereocenters. The fourth-order valence-corrected chi connectivity index (χ4v) is 3.96. The number of H-pyrrole nitrogens is 1. The predicted octanol–water partition coefficient (Wildman–Crippen LogP) is 2.82. The van der Waals surface area contributed by atoms with Gasteiger partial charge >= 0.3 is 12.2 Å². The van der Waals surface area contributed by atoms with E-state index in [4.69, 9.17) is 4.42 Å². The molecule has 0 amide bonds. The molecule has 1 aromatic carbocycles. The van der Waals surface area contributed by atoms with Crippen molar-refractivity contribution >= 4 is 11.7 Å². The fraction of sp³-hybridized carbons (Fsp3) is 0.333. The molecule has 1 aliphatic heterocycles. The number of halogens is 3. The Bertz CT molecular complexity index is 1370. The second kappa shape index (κ2) is 7.73. The van der Waals surface area contributed by atoms with E-state index < -0.39 is 17.4 Å². The minimum Gasteiger partial charge on any atom is -0.403 e. The molecule has 4 aromatic rings. The molecule has 1 fully saturated rings. The standard InChI is InChI=1S/C21H20F3N7O2/c1-12-14(18-26-27-20(33-18)30-10-8-29(2)9-11-30)19(32)31-17(25-12)15(13-6-4-3-5-7-13)16(28-31)21(22,23)24/h3-7,25H,8-11H2,1-2H3. The number of fused-ring (bicyclic) bond motifs is 1. The zero-order valence-corrected chi connectivity index (χ0v) is 17.8. The van der Waals surface area contributed by atoms with Gasteiger partial charge in [-0.1, -0.05) is 35.4 Å². The van der Waals surface area contributed by atoms with Crippen molar-refractivity contribution in [2.45, 2.75) is 13.1 Å². The first-order valence-electron chi connectivity index (χ1n) is 10.3. The summed E-state index contributed by atoms with van der Waals surface area (Å²) in [6.07, 6.45) is -4.76. The van der Waals surface area contributed by atoms with Crippen molar-refractivity contribution in [1.82, 2.24) is 29.7 Å². The summed E-state index contributed by atoms with van der Waals surface area (Å²) in [7, 11) is 2.01. The van der Waals surface area contributed by atoms with Gasteiger partial charge in [0.05, 0.1) is 5.56 Å². The molecule has 1 N–H and O–H groups in total. The lowest BCUT2D eigenvalue weighted by Crippen LogP contribution is -2.44. The van der Waals surface area contributed by atoms with Crippen LogP contribution in [-0.4, -0.2) is 62.9 Å². The Hall–Kier alpha value is -3.67. The first kappa shape index (κ1) is 21.2. The molecule has 1 saturated heterocycles. The van der Waals surface area contributed by atoms with E-state index in [-0.39, 0.29) is 34.2 Å². The van der Waals surface area contributed by atoms with Gasteiger partial charge in [0.15, 0.2) is 5.69 Å². The average Bonchev–Trinajstić information content (AvgIpc) is 3.40. The quantitative estimate of drug-likeness (QED) is 0.503. The first-order valence-corrected chi connectivity index (χ1v) is 10.3. The minimum atomic E-state index is -4.76. The van der Waals surface area contributed by atoms with Gasteiger partial charge in [0.2, 0.25) is 0 Å². The van der Waals surface area contributed by atoms with Crippen molar-refractivity contribution in [1.29, 1.82) is 0 Å². The zero-order chi connectivity index (χ0) is 23.3. The Labute approximate surface area is 185 Å². The monoisotopic (exact) mass is 459 g/mol. The summed E-state index contributed by atoms with van der Waals surface area (Å²) in [6.45, 7) is 4.58. The highest BCUT2D eigenvalue weighted by Gasteiger charge is 2.39. The largest absolute Gasteiger partial charge is 0.435 e. The van der Waals surface area contributed by atoms with Gasteiger partial charge in [-0.3, -0.25) is 4.79 Å². The molecule has 0 radical (unpaired) electrons. The second-order valence-electron chi connectivity index (χ2n) is 7.96. The number of anilines is 1. The van der Waals surface area contributed by atoms with E-state index in [1.54, 1.807) is 25.1 Å². The van der Waals surface area contributed by atoms with Crippen LogP contribution in [0.1, 0.15) is 11.4 Å². The molecule has 0 bridgehead atoms. The van der Waals surface area contributed by atoms with Gasteiger partial charge in [0.25, 0.3) is 11.4 Å². The lowest BCUT2D eigenvalue weighted by Gasteiger charge is -2.30. The summed E-state index contributed by atoms with van der Waals surface area (Å²) in [4.78, 5) is 20.2. The number of nitrogens with one attached hydrogen (secondary N) is 1. The summed E-state index contributed by atoms with van der Waals surface area (Å²) >= 11 is 0. The van der Waals surface area contributed by atoms with Crippen LogP contribution in [0.4, 0.5) is 19.2 Å². The Morgan fingerprint density at radius 1 is 1.03 bits per heavy atom. The second-order valence-corrected chi connectivity index (χ2v) is 7.96. The van der Waals surface area contributed by atoms with Gasteiger partial charge in [0, 0.05) is 31.9 Å². The Morgan fingerprint density at radius 2 is 1.73 bits per heavy atom. The van der Waals surface area contributed by atoms with Crippen LogP contribution in [0.25, 0.3) is 28.2 Å². The van der Waals surface area contributed by atoms with Crippen LogP contribution in [0.3, 0.4) is 0 Å². The molecular weight excluding hydrogens is 439 g/mol. The van der Waals surface area contributed by atoms with Gasteiger partial charge in [0.1, 0.15) is 11.2 Å². The van der Waals surface area contributed by atoms with Gasteiger partial charge in [-0.15, -0.1) is 5.10 Å². The number of hydrogen-bond donors (Lipinski definition) is 1. The summed E-state index contributed by atoms with van der Waals surface area (Å²) in [5.74, 6) is -0.0742. The molecule has 1 aliphatic rings. The SMILES string of the molecule is Cc1[nH]c2c(-c3ccccc3)c(C(F)(F)F)nn2c(=O)c1-c1nnc(N2CCN(C)CC2)o1. The Kier molecular flexibility index (Phi) is 4.96. The van der Waals surface area contributed by atoms with Gasteiger partial charge in [-0.2, -0.15) is 22.8 Å². The van der Waals surface area contributed by atoms with E-state index in [0.717, 1.165) is 13.1 Å². The lowest BCUT2D eigenvalue weighted by molar-refractivity contribution is -0.140. The summed E-state index contributed by atoms with van der Waals surface area (Å²) in [6, 6.07) is 8.27. The number of piperazine rings is 1. The third-order valence-corrected chi connectivity index (χ3v) is 5.71. The maximum absolute atomic E-state index is 13.8. The van der Waals surface area contributed by atoms with Crippen molar-refractivity contribution in [2.75, 3.05) is 38.1 Å². The topological polar surface area (TPSA) is 95.6 Å². The normalized spacial score (nSPS) is 15.5. The predicted molar refractivity (Wildman–Crippen MR) is 114 cm³/mol. The van der Waals surface area contributed by atoms with Gasteiger partial charge in [-0.25, -0.2) is 0 Å². The summed E-state index contributed by atoms with van der Waals surface area (Å²) in [5, 5.41) is 11.7. The van der Waals surface area contributed by atoms with Crippen molar-refractivity contribution in [3.63, 3.8) is 0 Å². The number of alkyl halides is 3. The Balaban J connectivity index is 1.65. The molecular formula is C21H20F3N7O2. The van der Waals surface area contributed by atoms with Crippen molar-refractivity contribution < 1.29 is 17.6 Å². The number of aromatic nitrogens is 5. The smallest absolute Gasteiger partial charge is 0.403 e. The van der Waals surface area contributed by atoms with Gasteiger partial charge in [-0.05, 0) is 19.5 Å². The highest BCUT2D eigenvalue weighted by atomic mass is 19.4. The average molecular weight is 459 g/mol. The third-order valence-electron chi connectivity index (χ3n) is 5.71. The van der Waals surface area contributed by atoms with Crippen LogP contribution in [-0.2, 0) is 6.18 Å². The minimum absolute atomic E-state index is 0.0220. The summed E-state index contributed by atoms with van der Waals surface area (Å²) < 4.78 is 47.9. The number of likely N-dealkylation sites (N-methyl/N-ethyl adjacent to an activating group) is 1. The maximum Gasteiger partial charge on any atom is 0.435 e. The molecule has 0 saturated carbocycles. The van der Waals surface area contributed by atoms with Crippen LogP contribution < -0.4 is 10.5 Å². The molecule has 0 spiro atoms. The van der Waals surface area contributed by atoms with Crippen molar-refractivity contribution in [3.8, 4) is 22.6 Å². The van der Waals surface area contributed by atoms with E-state index in [1.165, 1.54) is 12.1 Å². The number of nitrogens with zero attached hydrogens (tertiary/aromatic N) is 6. The number of rotatable bonds is 3. The van der Waals surface area contributed by atoms with Crippen LogP contribution in [0, 0.1) is 6.92 Å². The van der Waals surface area contributed by atoms with Crippen LogP contribution in [0.2, 0.25) is 0 Å². The van der Waals surface area contributed by atoms with E-state index >= 15 is 0 Å². The Morgan fingerprint density at radius 3 is 2.39 bits per heavy atom. The molecule has 33 heavy (non-hydrogen) atoms. The molecule has 3 aromatic heterocycles. The molecule has 4 heterocycles. The molecule has 0 atom stereocenters. The first-order chi connectivity index (χ1) is 15.7. The van der Waals surface area contributed by atoms with Crippen LogP contribution >= 0.6 is 0 Å². The van der Waals surface area contributed by atoms with E-state index in [9.17, 15) is 18.0 Å². The molecule has 9 nitrogen and oxygen atoms in total. The zero-order valence-electron chi connectivity index (χ0n) is 17.8. The number of hydrogen-bond acceptors (Lipinski definition) is 7. The highest BCUT2D eigenvalue weighted by molar-refractivity contribution is 5.81. The van der Waals surface area contributed by atoms with Gasteiger partial charge < -0.3 is 19.2 Å². The lowest BCUT2D eigenvalue weighted by atomic mass is 10.1. The summed E-state index contributed by atoms with van der Waals surface area (Å²) in [5.41, 5.74) is -1.61. The third kappa shape index (κ3) is 3.65. The van der Waals surface area contributed by atoms with Crippen LogP contribution in [0.5, 0.6) is 0 Å². The molecule has 0 aliphatic carbocycles.